The van der Waals surface area contributed by atoms with Gasteiger partial charge in [-0.25, -0.2) is 9.78 Å². The zero-order valence-electron chi connectivity index (χ0n) is 36.1. The number of piperazine rings is 1. The minimum absolute atomic E-state index is 0.0342. The molecular weight excluding hydrogens is 799 g/mol. The first-order chi connectivity index (χ1) is 29.1. The lowest BCUT2D eigenvalue weighted by Gasteiger charge is -2.31. The number of likely N-dealkylation sites (N-methyl/N-ethyl adjacent to an activating group) is 1. The lowest BCUT2D eigenvalue weighted by atomic mass is 9.93. The lowest BCUT2D eigenvalue weighted by Crippen LogP contribution is -2.59. The molecule has 15 nitrogen and oxygen atoms in total. The third kappa shape index (κ3) is 14.7. The predicted molar refractivity (Wildman–Crippen MR) is 232 cm³/mol. The van der Waals surface area contributed by atoms with Crippen LogP contribution in [-0.4, -0.2) is 120 Å². The Kier molecular flexibility index (Phi) is 17.0. The van der Waals surface area contributed by atoms with Gasteiger partial charge in [-0.1, -0.05) is 99.7 Å². The van der Waals surface area contributed by atoms with Crippen molar-refractivity contribution in [1.29, 1.82) is 0 Å². The number of carbonyl (C=O) groups excluding carboxylic acids is 6. The summed E-state index contributed by atoms with van der Waals surface area (Å²) in [6.07, 6.45) is 2.35. The SMILES string of the molecule is CC(C)CC(NC(=O)[C@H](Cc1ccccc1)NC(=O)[C@H](CC(C)C)NC(=O)[C@H](CCc1ccccc1)NC(=O)Cc1cnc(OC(=O)N2CCN(C)CC2)s1)C(=O)C1(C)CO1. The molecule has 2 unspecified atom stereocenters. The normalized spacial score (nSPS) is 18.4. The number of carbonyl (C=O) groups is 6. The molecule has 5 amide bonds. The van der Waals surface area contributed by atoms with Crippen LogP contribution in [0.1, 0.15) is 69.9 Å². The number of aromatic nitrogens is 1. The van der Waals surface area contributed by atoms with E-state index in [0.717, 1.165) is 35.6 Å². The second kappa shape index (κ2) is 22.1. The Bertz CT molecular complexity index is 1950. The van der Waals surface area contributed by atoms with Gasteiger partial charge in [-0.05, 0) is 62.6 Å². The first-order valence-electron chi connectivity index (χ1n) is 21.1. The molecule has 2 aliphatic heterocycles. The number of ether oxygens (including phenoxy) is 2. The van der Waals surface area contributed by atoms with Crippen molar-refractivity contribution in [3.05, 3.63) is 82.9 Å². The zero-order valence-corrected chi connectivity index (χ0v) is 36.9. The number of Topliss-reactive ketones (excluding diaryl/α,β-unsaturated/α-hetero) is 1. The molecular formula is C45H61N7O8S. The number of hydrogen-bond donors (Lipinski definition) is 4. The van der Waals surface area contributed by atoms with E-state index in [0.29, 0.717) is 30.8 Å². The average molecular weight is 860 g/mol. The van der Waals surface area contributed by atoms with Gasteiger partial charge in [0.25, 0.3) is 5.19 Å². The molecule has 0 bridgehead atoms. The second-order valence-corrected chi connectivity index (χ2v) is 18.2. The maximum Gasteiger partial charge on any atom is 0.417 e. The third-order valence-electron chi connectivity index (χ3n) is 10.7. The number of nitrogens with zero attached hydrogens (tertiary/aromatic N) is 3. The fourth-order valence-corrected chi connectivity index (χ4v) is 7.83. The van der Waals surface area contributed by atoms with Crippen LogP contribution < -0.4 is 26.0 Å². The molecule has 330 valence electrons. The van der Waals surface area contributed by atoms with E-state index in [2.05, 4.69) is 31.2 Å². The van der Waals surface area contributed by atoms with E-state index in [1.54, 1.807) is 11.8 Å². The molecule has 0 spiro atoms. The predicted octanol–water partition coefficient (Wildman–Crippen LogP) is 3.70. The fourth-order valence-electron chi connectivity index (χ4n) is 7.08. The summed E-state index contributed by atoms with van der Waals surface area (Å²) in [6.45, 7) is 12.3. The zero-order chi connectivity index (χ0) is 44.1. The highest BCUT2D eigenvalue weighted by atomic mass is 32.1. The van der Waals surface area contributed by atoms with E-state index in [1.165, 1.54) is 6.20 Å². The van der Waals surface area contributed by atoms with Gasteiger partial charge in [0.1, 0.15) is 23.7 Å². The molecule has 61 heavy (non-hydrogen) atoms. The number of aryl methyl sites for hydroxylation is 1. The van der Waals surface area contributed by atoms with E-state index in [-0.39, 0.29) is 55.1 Å². The van der Waals surface area contributed by atoms with Gasteiger partial charge in [0.2, 0.25) is 23.6 Å². The van der Waals surface area contributed by atoms with Crippen LogP contribution in [-0.2, 0) is 48.0 Å². The molecule has 2 fully saturated rings. The molecule has 0 aliphatic carbocycles. The van der Waals surface area contributed by atoms with Crippen molar-refractivity contribution in [2.75, 3.05) is 39.8 Å². The van der Waals surface area contributed by atoms with Crippen molar-refractivity contribution in [1.82, 2.24) is 36.1 Å². The summed E-state index contributed by atoms with van der Waals surface area (Å²) < 4.78 is 10.9. The summed E-state index contributed by atoms with van der Waals surface area (Å²) in [5.41, 5.74) is 0.806. The summed E-state index contributed by atoms with van der Waals surface area (Å²) >= 11 is 1.08. The molecule has 5 atom stereocenters. The molecule has 0 saturated carbocycles. The highest BCUT2D eigenvalue weighted by molar-refractivity contribution is 7.13. The van der Waals surface area contributed by atoms with E-state index in [4.69, 9.17) is 9.47 Å². The molecule has 5 rings (SSSR count). The number of ketones is 1. The van der Waals surface area contributed by atoms with Gasteiger partial charge in [0.15, 0.2) is 5.78 Å². The van der Waals surface area contributed by atoms with Crippen molar-refractivity contribution in [3.8, 4) is 5.19 Å². The van der Waals surface area contributed by atoms with Crippen molar-refractivity contribution < 1.29 is 38.2 Å². The largest absolute Gasteiger partial charge is 0.417 e. The van der Waals surface area contributed by atoms with E-state index in [9.17, 15) is 28.8 Å². The smallest absolute Gasteiger partial charge is 0.381 e. The van der Waals surface area contributed by atoms with E-state index >= 15 is 0 Å². The van der Waals surface area contributed by atoms with Gasteiger partial charge in [0.05, 0.1) is 19.1 Å². The molecule has 4 N–H and O–H groups in total. The van der Waals surface area contributed by atoms with Gasteiger partial charge >= 0.3 is 6.09 Å². The van der Waals surface area contributed by atoms with Gasteiger partial charge < -0.3 is 40.5 Å². The lowest BCUT2D eigenvalue weighted by molar-refractivity contribution is -0.135. The van der Waals surface area contributed by atoms with Crippen LogP contribution in [0.5, 0.6) is 5.19 Å². The monoisotopic (exact) mass is 859 g/mol. The van der Waals surface area contributed by atoms with Gasteiger partial charge in [-0.3, -0.25) is 24.0 Å². The van der Waals surface area contributed by atoms with Crippen LogP contribution in [0.25, 0.3) is 0 Å². The Hall–Kier alpha value is -5.19. The Morgan fingerprint density at radius 1 is 0.754 bits per heavy atom. The van der Waals surface area contributed by atoms with Crippen molar-refractivity contribution in [2.45, 2.75) is 103 Å². The van der Waals surface area contributed by atoms with E-state index < -0.39 is 59.5 Å². The maximum absolute atomic E-state index is 14.2. The quantitative estimate of drug-likeness (QED) is 0.115. The first kappa shape index (κ1) is 46.9. The molecule has 3 heterocycles. The average Bonchev–Trinajstić information content (AvgIpc) is 3.83. The fraction of sp³-hybridized carbons (Fsp3) is 0.533. The maximum atomic E-state index is 14.2. The molecule has 2 aromatic carbocycles. The number of hydrogen-bond acceptors (Lipinski definition) is 11. The standard InChI is InChI=1S/C45H61N7O8S/c1-29(2)23-35(39(54)45(5)28-59-45)48-42(57)37(25-32-15-11-8-12-16-32)50-41(56)36(24-30(3)4)49-40(55)34(18-17-31-13-9-7-10-14-31)47-38(53)26-33-27-46-43(61-33)60-44(58)52-21-19-51(6)20-22-52/h7-16,27,29-30,34-37H,17-26,28H2,1-6H3,(H,47,53)(H,48,57)(H,49,55)(H,50,56)/t34-,35?,36-,37-,45?/m0/s1. The van der Waals surface area contributed by atoms with Crippen LogP contribution in [0, 0.1) is 11.8 Å². The number of epoxide rings is 1. The Labute approximate surface area is 362 Å². The topological polar surface area (TPSA) is 192 Å². The Balaban J connectivity index is 1.29. The third-order valence-corrected chi connectivity index (χ3v) is 11.6. The highest BCUT2D eigenvalue weighted by Crippen LogP contribution is 2.30. The molecule has 1 aromatic heterocycles. The molecule has 2 saturated heterocycles. The number of rotatable bonds is 21. The number of thiazole rings is 1. The number of amides is 5. The van der Waals surface area contributed by atoms with Crippen LogP contribution in [0.4, 0.5) is 4.79 Å². The molecule has 3 aromatic rings. The van der Waals surface area contributed by atoms with Crippen LogP contribution >= 0.6 is 11.3 Å². The minimum atomic E-state index is -1.07. The van der Waals surface area contributed by atoms with Crippen LogP contribution in [0.15, 0.2) is 66.9 Å². The highest BCUT2D eigenvalue weighted by Gasteiger charge is 2.50. The van der Waals surface area contributed by atoms with Crippen molar-refractivity contribution in [2.24, 2.45) is 11.8 Å². The van der Waals surface area contributed by atoms with Crippen molar-refractivity contribution in [3.63, 3.8) is 0 Å². The van der Waals surface area contributed by atoms with Gasteiger partial charge in [-0.2, -0.15) is 0 Å². The van der Waals surface area contributed by atoms with Crippen molar-refractivity contribution >= 4 is 46.8 Å². The Morgan fingerprint density at radius 3 is 1.90 bits per heavy atom. The number of benzene rings is 2. The van der Waals surface area contributed by atoms with Crippen LogP contribution in [0.3, 0.4) is 0 Å². The number of nitrogens with one attached hydrogen (secondary N) is 4. The first-order valence-corrected chi connectivity index (χ1v) is 22.0. The summed E-state index contributed by atoms with van der Waals surface area (Å²) in [5.74, 6) is -2.26. The summed E-state index contributed by atoms with van der Waals surface area (Å²) in [5, 5.41) is 11.7. The summed E-state index contributed by atoms with van der Waals surface area (Å²) in [6, 6.07) is 14.8. The summed E-state index contributed by atoms with van der Waals surface area (Å²) in [7, 11) is 1.99. The van der Waals surface area contributed by atoms with Gasteiger partial charge in [0, 0.05) is 43.7 Å². The molecule has 2 aliphatic rings. The second-order valence-electron chi connectivity index (χ2n) is 17.1. The Morgan fingerprint density at radius 2 is 1.30 bits per heavy atom. The van der Waals surface area contributed by atoms with Crippen LogP contribution in [0.2, 0.25) is 0 Å². The summed E-state index contributed by atoms with van der Waals surface area (Å²) in [4.78, 5) is 90.5. The van der Waals surface area contributed by atoms with Gasteiger partial charge in [-0.15, -0.1) is 0 Å². The van der Waals surface area contributed by atoms with E-state index in [1.807, 2.05) is 95.4 Å². The molecule has 16 heteroatoms. The molecule has 0 radical (unpaired) electrons. The minimum Gasteiger partial charge on any atom is -0.381 e.